The molecule has 0 rings (SSSR count). The van der Waals surface area contributed by atoms with Crippen molar-refractivity contribution in [2.75, 3.05) is 21.3 Å². The molecule has 0 aromatic rings. The highest BCUT2D eigenvalue weighted by atomic mass is 32.1. The minimum atomic E-state index is -4.28. The van der Waals surface area contributed by atoms with E-state index in [-0.39, 0.29) is 0 Å². The molecule has 0 fully saturated rings. The van der Waals surface area contributed by atoms with E-state index in [0.29, 0.717) is 0 Å². The molecule has 0 saturated heterocycles. The lowest BCUT2D eigenvalue weighted by Crippen LogP contribution is -1.91. The second-order valence-corrected chi connectivity index (χ2v) is 7.51. The van der Waals surface area contributed by atoms with Crippen molar-refractivity contribution in [2.24, 2.45) is 0 Å². The van der Waals surface area contributed by atoms with Crippen molar-refractivity contribution in [3.8, 4) is 0 Å². The van der Waals surface area contributed by atoms with Gasteiger partial charge in [-0.05, 0) is 0 Å². The average molecular weight is 204 g/mol. The summed E-state index contributed by atoms with van der Waals surface area (Å²) in [4.78, 5) is 8.86. The monoisotopic (exact) mass is 204 g/mol. The predicted octanol–water partition coefficient (Wildman–Crippen LogP) is 1.22. The SMILES string of the molecule is COP(=O)(O)P(=O)(OC)OC. The fraction of sp³-hybridized carbons (Fsp3) is 1.00. The van der Waals surface area contributed by atoms with E-state index in [1.165, 1.54) is 0 Å². The summed E-state index contributed by atoms with van der Waals surface area (Å²) in [7, 11) is -5.32. The van der Waals surface area contributed by atoms with Gasteiger partial charge >= 0.3 is 14.6 Å². The molecule has 0 spiro atoms. The van der Waals surface area contributed by atoms with E-state index in [1.807, 2.05) is 0 Å². The topological polar surface area (TPSA) is 82.1 Å². The maximum absolute atomic E-state index is 11.1. The molecule has 0 heterocycles. The van der Waals surface area contributed by atoms with Gasteiger partial charge in [0.05, 0.1) is 0 Å². The van der Waals surface area contributed by atoms with Crippen LogP contribution in [0, 0.1) is 0 Å². The first kappa shape index (κ1) is 11.3. The van der Waals surface area contributed by atoms with E-state index in [4.69, 9.17) is 4.89 Å². The van der Waals surface area contributed by atoms with E-state index in [1.54, 1.807) is 0 Å². The van der Waals surface area contributed by atoms with Crippen molar-refractivity contribution in [1.29, 1.82) is 0 Å². The Morgan fingerprint density at radius 3 is 1.45 bits per heavy atom. The molecule has 8 heteroatoms. The van der Waals surface area contributed by atoms with Gasteiger partial charge in [-0.1, -0.05) is 0 Å². The van der Waals surface area contributed by atoms with Crippen molar-refractivity contribution in [2.45, 2.75) is 0 Å². The van der Waals surface area contributed by atoms with E-state index < -0.39 is 14.6 Å². The molecular weight excluding hydrogens is 194 g/mol. The van der Waals surface area contributed by atoms with Gasteiger partial charge in [-0.2, -0.15) is 0 Å². The second-order valence-electron chi connectivity index (χ2n) is 1.51. The molecule has 0 saturated carbocycles. The Kier molecular flexibility index (Phi) is 3.91. The predicted molar refractivity (Wildman–Crippen MR) is 38.5 cm³/mol. The average Bonchev–Trinajstić information content (AvgIpc) is 2.02. The van der Waals surface area contributed by atoms with Crippen molar-refractivity contribution < 1.29 is 27.6 Å². The van der Waals surface area contributed by atoms with Gasteiger partial charge < -0.3 is 18.5 Å². The highest BCUT2D eigenvalue weighted by molar-refractivity contribution is 8.27. The first-order valence-electron chi connectivity index (χ1n) is 2.54. The lowest BCUT2D eigenvalue weighted by atomic mass is 11.8. The largest absolute Gasteiger partial charge is 0.440 e. The van der Waals surface area contributed by atoms with Crippen LogP contribution < -0.4 is 0 Å². The number of hydrogen-bond donors (Lipinski definition) is 1. The molecule has 0 aromatic carbocycles. The van der Waals surface area contributed by atoms with Crippen LogP contribution in [-0.2, 0) is 22.7 Å². The number of hydrogen-bond acceptors (Lipinski definition) is 5. The van der Waals surface area contributed by atoms with Crippen LogP contribution >= 0.6 is 14.6 Å². The first-order valence-corrected chi connectivity index (χ1v) is 6.36. The Hall–Kier alpha value is 0.300. The Bertz CT molecular complexity index is 204. The molecule has 1 unspecified atom stereocenters. The summed E-state index contributed by atoms with van der Waals surface area (Å²) in [6.45, 7) is 0. The maximum atomic E-state index is 11.1. The Labute approximate surface area is 64.4 Å². The molecule has 0 bridgehead atoms. The molecule has 1 N–H and O–H groups in total. The second kappa shape index (κ2) is 3.81. The van der Waals surface area contributed by atoms with Crippen LogP contribution in [-0.4, -0.2) is 26.2 Å². The van der Waals surface area contributed by atoms with Crippen molar-refractivity contribution in [1.82, 2.24) is 0 Å². The summed E-state index contributed by atoms with van der Waals surface area (Å²) >= 11 is 0. The van der Waals surface area contributed by atoms with Gasteiger partial charge in [0.1, 0.15) is 0 Å². The Morgan fingerprint density at radius 1 is 1.00 bits per heavy atom. The summed E-state index contributed by atoms with van der Waals surface area (Å²) < 4.78 is 34.6. The van der Waals surface area contributed by atoms with E-state index in [9.17, 15) is 9.13 Å². The molecule has 0 aliphatic heterocycles. The van der Waals surface area contributed by atoms with Crippen molar-refractivity contribution in [3.63, 3.8) is 0 Å². The summed E-state index contributed by atoms with van der Waals surface area (Å²) in [5, 5.41) is 0. The minimum Gasteiger partial charge on any atom is -0.316 e. The van der Waals surface area contributed by atoms with Crippen LogP contribution in [0.25, 0.3) is 0 Å². The minimum absolute atomic E-state index is 0.950. The van der Waals surface area contributed by atoms with Crippen LogP contribution in [0.15, 0.2) is 0 Å². The highest BCUT2D eigenvalue weighted by Gasteiger charge is 2.45. The fourth-order valence-electron chi connectivity index (χ4n) is 0.381. The summed E-state index contributed by atoms with van der Waals surface area (Å²) in [6, 6.07) is 0. The molecule has 0 aliphatic carbocycles. The molecule has 0 aliphatic rings. The van der Waals surface area contributed by atoms with Crippen LogP contribution in [0.4, 0.5) is 0 Å². The lowest BCUT2D eigenvalue weighted by Gasteiger charge is -2.16. The summed E-state index contributed by atoms with van der Waals surface area (Å²) in [6.07, 6.45) is 0. The van der Waals surface area contributed by atoms with Crippen LogP contribution in [0.3, 0.4) is 0 Å². The zero-order valence-corrected chi connectivity index (χ0v) is 8.17. The van der Waals surface area contributed by atoms with Gasteiger partial charge in [-0.3, -0.25) is 0 Å². The molecule has 1 atom stereocenters. The summed E-state index contributed by atoms with van der Waals surface area (Å²) in [5.74, 6) is 0. The molecule has 11 heavy (non-hydrogen) atoms. The first-order chi connectivity index (χ1) is 4.93. The third kappa shape index (κ3) is 2.12. The zero-order chi connectivity index (χ0) is 9.12. The van der Waals surface area contributed by atoms with E-state index >= 15 is 0 Å². The smallest absolute Gasteiger partial charge is 0.316 e. The molecule has 0 aromatic heterocycles. The third-order valence-corrected chi connectivity index (χ3v) is 6.35. The zero-order valence-electron chi connectivity index (χ0n) is 6.38. The third-order valence-electron chi connectivity index (χ3n) is 1.01. The molecule has 0 amide bonds. The Morgan fingerprint density at radius 2 is 1.36 bits per heavy atom. The van der Waals surface area contributed by atoms with Crippen LogP contribution in [0.1, 0.15) is 0 Å². The van der Waals surface area contributed by atoms with Gasteiger partial charge in [0.15, 0.2) is 0 Å². The van der Waals surface area contributed by atoms with E-state index in [0.717, 1.165) is 21.3 Å². The van der Waals surface area contributed by atoms with Crippen molar-refractivity contribution in [3.05, 3.63) is 0 Å². The van der Waals surface area contributed by atoms with Gasteiger partial charge in [0.2, 0.25) is 0 Å². The van der Waals surface area contributed by atoms with Crippen molar-refractivity contribution >= 4 is 14.6 Å². The molecule has 0 radical (unpaired) electrons. The van der Waals surface area contributed by atoms with Gasteiger partial charge in [-0.25, -0.2) is 9.13 Å². The molecule has 6 nitrogen and oxygen atoms in total. The van der Waals surface area contributed by atoms with E-state index in [2.05, 4.69) is 13.6 Å². The maximum Gasteiger partial charge on any atom is 0.440 e. The Balaban J connectivity index is 4.79. The van der Waals surface area contributed by atoms with Gasteiger partial charge in [-0.15, -0.1) is 0 Å². The standard InChI is InChI=1S/C3H10O6P2/c1-7-10(4,5)11(6,8-2)9-3/h1-3H3,(H,4,5). The molecule has 68 valence electrons. The van der Waals surface area contributed by atoms with Crippen LogP contribution in [0.5, 0.6) is 0 Å². The van der Waals surface area contributed by atoms with Gasteiger partial charge in [0, 0.05) is 21.3 Å². The summed E-state index contributed by atoms with van der Waals surface area (Å²) in [5.41, 5.74) is 0. The normalized spacial score (nSPS) is 17.8. The van der Waals surface area contributed by atoms with Crippen LogP contribution in [0.2, 0.25) is 0 Å². The quantitative estimate of drug-likeness (QED) is 0.693. The fourth-order valence-corrected chi connectivity index (χ4v) is 2.98. The number of rotatable bonds is 4. The van der Waals surface area contributed by atoms with Gasteiger partial charge in [0.25, 0.3) is 0 Å². The molecular formula is C3H10O6P2. The lowest BCUT2D eigenvalue weighted by molar-refractivity contribution is 0.262. The highest BCUT2D eigenvalue weighted by Crippen LogP contribution is 2.79.